The normalized spacial score (nSPS) is 21.1. The number of morpholine rings is 1. The van der Waals surface area contributed by atoms with E-state index in [4.69, 9.17) is 14.2 Å². The Morgan fingerprint density at radius 1 is 1.12 bits per heavy atom. The van der Waals surface area contributed by atoms with Gasteiger partial charge in [-0.1, -0.05) is 24.3 Å². The summed E-state index contributed by atoms with van der Waals surface area (Å²) in [4.78, 5) is 40.1. The maximum absolute atomic E-state index is 15.3. The van der Waals surface area contributed by atoms with Crippen LogP contribution in [0.25, 0.3) is 0 Å². The van der Waals surface area contributed by atoms with E-state index in [0.29, 0.717) is 16.0 Å². The summed E-state index contributed by atoms with van der Waals surface area (Å²) in [6.07, 6.45) is -0.430. The summed E-state index contributed by atoms with van der Waals surface area (Å²) < 4.78 is 65.0. The highest BCUT2D eigenvalue weighted by molar-refractivity contribution is 7.84. The molecule has 0 saturated carbocycles. The molecule has 1 fully saturated rings. The number of ether oxygens (including phenoxy) is 4. The average Bonchev–Trinajstić information content (AvgIpc) is 3.11. The minimum Gasteiger partial charge on any atom is -0.451 e. The third-order valence-electron chi connectivity index (χ3n) is 7.23. The highest BCUT2D eigenvalue weighted by atomic mass is 32.2. The van der Waals surface area contributed by atoms with E-state index in [1.165, 1.54) is 27.9 Å². The zero-order valence-corrected chi connectivity index (χ0v) is 22.4. The second-order valence-corrected chi connectivity index (χ2v) is 10.8. The number of halogens is 2. The molecule has 3 aliphatic rings. The lowest BCUT2D eigenvalue weighted by atomic mass is 9.93. The standard InChI is InChI=1S/C27H23F2N3O8S/c1-37-27(35)40-14-39-25-19(33)8-9-31-24(25)26(34)30-10-11-38-12-21(30)32(31)23-15-6-7-18(28)22(29)17(15)13-41(36)20-5-3-2-4-16(20)23/h2-9,21,23H,10-14H2,1H3/t21-,23-,41?/m0/s1. The predicted octanol–water partition coefficient (Wildman–Crippen LogP) is 2.41. The van der Waals surface area contributed by atoms with Gasteiger partial charge in [-0.15, -0.1) is 0 Å². The van der Waals surface area contributed by atoms with E-state index in [9.17, 15) is 23.0 Å². The van der Waals surface area contributed by atoms with Crippen molar-refractivity contribution in [2.75, 3.05) is 38.7 Å². The van der Waals surface area contributed by atoms with Crippen LogP contribution in [0.15, 0.2) is 58.4 Å². The molecule has 0 aliphatic carbocycles. The van der Waals surface area contributed by atoms with Gasteiger partial charge in [0.25, 0.3) is 5.91 Å². The first-order valence-electron chi connectivity index (χ1n) is 12.5. The Kier molecular flexibility index (Phi) is 6.95. The van der Waals surface area contributed by atoms with Crippen molar-refractivity contribution >= 4 is 22.9 Å². The van der Waals surface area contributed by atoms with E-state index in [-0.39, 0.29) is 42.5 Å². The molecular formula is C27H23F2N3O8S. The molecule has 1 unspecified atom stereocenters. The molecule has 0 spiro atoms. The Morgan fingerprint density at radius 2 is 1.93 bits per heavy atom. The molecule has 4 heterocycles. The van der Waals surface area contributed by atoms with Gasteiger partial charge in [-0.05, 0) is 23.3 Å². The topological polar surface area (TPSA) is 117 Å². The Balaban J connectivity index is 1.60. The average molecular weight is 588 g/mol. The van der Waals surface area contributed by atoms with Gasteiger partial charge >= 0.3 is 6.16 Å². The number of carbonyl (C=O) groups is 2. The quantitative estimate of drug-likeness (QED) is 0.335. The minimum absolute atomic E-state index is 0.0553. The molecule has 3 atom stereocenters. The maximum atomic E-state index is 15.3. The fraction of sp³-hybridized carbons (Fsp3) is 0.296. The number of rotatable bonds is 4. The maximum Gasteiger partial charge on any atom is 0.510 e. The number of aromatic nitrogens is 1. The van der Waals surface area contributed by atoms with Gasteiger partial charge < -0.3 is 23.8 Å². The lowest BCUT2D eigenvalue weighted by molar-refractivity contribution is -0.0209. The van der Waals surface area contributed by atoms with Gasteiger partial charge in [0.05, 0.1) is 42.9 Å². The molecule has 41 heavy (non-hydrogen) atoms. The second-order valence-electron chi connectivity index (χ2n) is 9.36. The van der Waals surface area contributed by atoms with Crippen LogP contribution in [0.5, 0.6) is 5.75 Å². The molecule has 2 aromatic carbocycles. The van der Waals surface area contributed by atoms with Gasteiger partial charge in [-0.2, -0.15) is 0 Å². The third kappa shape index (κ3) is 4.43. The van der Waals surface area contributed by atoms with Crippen LogP contribution >= 0.6 is 0 Å². The van der Waals surface area contributed by atoms with Crippen LogP contribution in [0.1, 0.15) is 33.2 Å². The number of hydrogen-bond donors (Lipinski definition) is 0. The molecule has 0 N–H and O–H groups in total. The molecule has 1 saturated heterocycles. The first kappa shape index (κ1) is 26.9. The number of nitrogens with zero attached hydrogens (tertiary/aromatic N) is 3. The van der Waals surface area contributed by atoms with Gasteiger partial charge in [0.2, 0.25) is 18.0 Å². The van der Waals surface area contributed by atoms with Crippen LogP contribution in [0.4, 0.5) is 13.6 Å². The summed E-state index contributed by atoms with van der Waals surface area (Å²) in [6, 6.07) is 9.56. The van der Waals surface area contributed by atoms with E-state index >= 15 is 4.39 Å². The predicted molar refractivity (Wildman–Crippen MR) is 138 cm³/mol. The lowest BCUT2D eigenvalue weighted by Gasteiger charge is -2.51. The number of pyridine rings is 1. The number of methoxy groups -OCH3 is 1. The number of hydrogen-bond acceptors (Lipinski definition) is 9. The summed E-state index contributed by atoms with van der Waals surface area (Å²) in [5.41, 5.74) is -0.00760. The molecule has 11 nitrogen and oxygen atoms in total. The SMILES string of the molecule is COC(=O)OCOc1c2n(ccc1=O)N([C@@H]1c3ccccc3S(=O)Cc3c1ccc(F)c3F)[C@H]1COCCN1C2=O. The second kappa shape index (κ2) is 10.6. The first-order chi connectivity index (χ1) is 19.8. The van der Waals surface area contributed by atoms with Crippen molar-refractivity contribution in [3.63, 3.8) is 0 Å². The van der Waals surface area contributed by atoms with E-state index in [1.54, 1.807) is 29.3 Å². The smallest absolute Gasteiger partial charge is 0.451 e. The van der Waals surface area contributed by atoms with E-state index in [2.05, 4.69) is 4.74 Å². The van der Waals surface area contributed by atoms with Gasteiger partial charge in [-0.3, -0.25) is 23.5 Å². The van der Waals surface area contributed by atoms with Crippen LogP contribution in [0.2, 0.25) is 0 Å². The summed E-state index contributed by atoms with van der Waals surface area (Å²) in [5.74, 6) is -3.38. The first-order valence-corrected chi connectivity index (χ1v) is 13.8. The zero-order valence-electron chi connectivity index (χ0n) is 21.6. The van der Waals surface area contributed by atoms with Crippen LogP contribution in [-0.2, 0) is 30.8 Å². The lowest BCUT2D eigenvalue weighted by Crippen LogP contribution is -2.66. The largest absolute Gasteiger partial charge is 0.510 e. The van der Waals surface area contributed by atoms with Crippen LogP contribution in [0, 0.1) is 11.6 Å². The van der Waals surface area contributed by atoms with Gasteiger partial charge in [0, 0.05) is 29.3 Å². The van der Waals surface area contributed by atoms with Crippen molar-refractivity contribution in [2.45, 2.75) is 22.9 Å². The molecule has 0 bridgehead atoms. The van der Waals surface area contributed by atoms with Crippen molar-refractivity contribution in [1.82, 2.24) is 9.58 Å². The van der Waals surface area contributed by atoms with Crippen molar-refractivity contribution in [1.29, 1.82) is 0 Å². The summed E-state index contributed by atoms with van der Waals surface area (Å²) in [6.45, 7) is -0.278. The Labute approximate surface area is 234 Å². The molecule has 3 aromatic rings. The van der Waals surface area contributed by atoms with Crippen molar-refractivity contribution < 1.29 is 41.5 Å². The van der Waals surface area contributed by atoms with E-state index in [1.807, 2.05) is 0 Å². The number of amides is 1. The monoisotopic (exact) mass is 587 g/mol. The van der Waals surface area contributed by atoms with Gasteiger partial charge in [0.1, 0.15) is 6.17 Å². The fourth-order valence-corrected chi connectivity index (χ4v) is 6.82. The van der Waals surface area contributed by atoms with Crippen LogP contribution in [-0.4, -0.2) is 65.7 Å². The number of carbonyl (C=O) groups excluding carboxylic acids is 2. The minimum atomic E-state index is -1.72. The van der Waals surface area contributed by atoms with Crippen LogP contribution in [0.3, 0.4) is 0 Å². The van der Waals surface area contributed by atoms with E-state index < -0.39 is 58.9 Å². The molecule has 14 heteroatoms. The third-order valence-corrected chi connectivity index (χ3v) is 8.64. The van der Waals surface area contributed by atoms with E-state index in [0.717, 1.165) is 13.2 Å². The van der Waals surface area contributed by atoms with Crippen molar-refractivity contribution in [2.24, 2.45) is 0 Å². The highest BCUT2D eigenvalue weighted by Crippen LogP contribution is 2.42. The van der Waals surface area contributed by atoms with Crippen molar-refractivity contribution in [3.05, 3.63) is 92.9 Å². The summed E-state index contributed by atoms with van der Waals surface area (Å²) >= 11 is 0. The molecule has 214 valence electrons. The molecule has 6 rings (SSSR count). The zero-order chi connectivity index (χ0) is 28.8. The summed E-state index contributed by atoms with van der Waals surface area (Å²) in [5, 5.41) is 1.71. The Hall–Kier alpha value is -4.30. The molecular weight excluding hydrogens is 564 g/mol. The molecule has 0 radical (unpaired) electrons. The van der Waals surface area contributed by atoms with Gasteiger partial charge in [-0.25, -0.2) is 13.6 Å². The molecule has 1 amide bonds. The number of fused-ring (bicyclic) bond motifs is 4. The molecule has 1 aromatic heterocycles. The number of benzene rings is 2. The van der Waals surface area contributed by atoms with Crippen molar-refractivity contribution in [3.8, 4) is 5.75 Å². The Morgan fingerprint density at radius 3 is 2.73 bits per heavy atom. The highest BCUT2D eigenvalue weighted by Gasteiger charge is 2.46. The van der Waals surface area contributed by atoms with Gasteiger partial charge in [0.15, 0.2) is 17.3 Å². The van der Waals surface area contributed by atoms with Crippen LogP contribution < -0.4 is 15.2 Å². The molecule has 3 aliphatic heterocycles. The Bertz CT molecular complexity index is 1650. The fourth-order valence-electron chi connectivity index (χ4n) is 5.44. The summed E-state index contributed by atoms with van der Waals surface area (Å²) in [7, 11) is -0.617.